The number of piperidine rings is 1. The van der Waals surface area contributed by atoms with Gasteiger partial charge in [0.1, 0.15) is 0 Å². The van der Waals surface area contributed by atoms with E-state index in [1.807, 2.05) is 0 Å². The van der Waals surface area contributed by atoms with Gasteiger partial charge in [0.2, 0.25) is 0 Å². The van der Waals surface area contributed by atoms with Crippen LogP contribution < -0.4 is 10.6 Å². The second-order valence-corrected chi connectivity index (χ2v) is 9.68. The molecule has 1 saturated heterocycles. The highest BCUT2D eigenvalue weighted by Crippen LogP contribution is 2.30. The van der Waals surface area contributed by atoms with E-state index in [-0.39, 0.29) is 43.0 Å². The molecule has 28 heavy (non-hydrogen) atoms. The van der Waals surface area contributed by atoms with Gasteiger partial charge < -0.3 is 10.6 Å². The van der Waals surface area contributed by atoms with Crippen molar-refractivity contribution >= 4 is 40.0 Å². The molecule has 0 radical (unpaired) electrons. The Hall–Kier alpha value is -0.300. The molecule has 6 nitrogen and oxygen atoms in total. The number of sulfonamides is 1. The molecule has 0 amide bonds. The van der Waals surface area contributed by atoms with Crippen molar-refractivity contribution in [3.8, 4) is 0 Å². The Morgan fingerprint density at radius 2 is 1.46 bits per heavy atom. The minimum atomic E-state index is -5.22. The summed E-state index contributed by atoms with van der Waals surface area (Å²) in [6.07, 6.45) is 5.77. The molecule has 11 heteroatoms. The van der Waals surface area contributed by atoms with E-state index in [1.54, 1.807) is 7.05 Å². The first-order valence-corrected chi connectivity index (χ1v) is 11.1. The molecule has 0 aromatic rings. The minimum absolute atomic E-state index is 0. The lowest BCUT2D eigenvalue weighted by molar-refractivity contribution is -0.0496. The molecule has 0 aromatic heterocycles. The van der Waals surface area contributed by atoms with Crippen molar-refractivity contribution in [1.29, 1.82) is 0 Å². The van der Waals surface area contributed by atoms with E-state index in [0.717, 1.165) is 12.5 Å². The topological polar surface area (TPSA) is 73.8 Å². The number of nitrogens with one attached hydrogen (secondary N) is 2. The molecule has 0 atom stereocenters. The third kappa shape index (κ3) is 7.19. The van der Waals surface area contributed by atoms with E-state index in [4.69, 9.17) is 0 Å². The number of guanidine groups is 1. The zero-order valence-corrected chi connectivity index (χ0v) is 19.6. The van der Waals surface area contributed by atoms with Crippen molar-refractivity contribution in [2.75, 3.05) is 33.2 Å². The summed E-state index contributed by atoms with van der Waals surface area (Å²) < 4.78 is 61.2. The van der Waals surface area contributed by atoms with Crippen LogP contribution in [0.5, 0.6) is 0 Å². The molecule has 1 saturated carbocycles. The van der Waals surface area contributed by atoms with Gasteiger partial charge in [-0.05, 0) is 43.4 Å². The van der Waals surface area contributed by atoms with E-state index in [1.165, 1.54) is 25.7 Å². The van der Waals surface area contributed by atoms with Crippen molar-refractivity contribution in [2.24, 2.45) is 22.7 Å². The van der Waals surface area contributed by atoms with Gasteiger partial charge in [0.25, 0.3) is 0 Å². The Kier molecular flexibility index (Phi) is 10.3. The monoisotopic (exact) mass is 540 g/mol. The zero-order chi connectivity index (χ0) is 20.1. The number of alkyl halides is 3. The van der Waals surface area contributed by atoms with Gasteiger partial charge >= 0.3 is 15.5 Å². The summed E-state index contributed by atoms with van der Waals surface area (Å²) in [6.45, 7) is 3.53. The number of rotatable bonds is 5. The van der Waals surface area contributed by atoms with Crippen LogP contribution in [0.25, 0.3) is 0 Å². The predicted molar refractivity (Wildman–Crippen MR) is 115 cm³/mol. The van der Waals surface area contributed by atoms with Crippen LogP contribution in [0.2, 0.25) is 0 Å². The Labute approximate surface area is 183 Å². The van der Waals surface area contributed by atoms with Crippen molar-refractivity contribution in [1.82, 2.24) is 14.9 Å². The van der Waals surface area contributed by atoms with Gasteiger partial charge in [-0.15, -0.1) is 24.0 Å². The number of halogens is 4. The van der Waals surface area contributed by atoms with E-state index >= 15 is 0 Å². The Balaban J connectivity index is 0.00000392. The molecule has 2 N–H and O–H groups in total. The summed E-state index contributed by atoms with van der Waals surface area (Å²) in [4.78, 5) is 4.20. The number of hydrogen-bond acceptors (Lipinski definition) is 3. The number of aliphatic imine (C=N–C) groups is 1. The lowest BCUT2D eigenvalue weighted by Crippen LogP contribution is -2.47. The fourth-order valence-corrected chi connectivity index (χ4v) is 4.72. The molecular weight excluding hydrogens is 508 g/mol. The van der Waals surface area contributed by atoms with Gasteiger partial charge in [-0.2, -0.15) is 17.5 Å². The first kappa shape index (κ1) is 25.7. The van der Waals surface area contributed by atoms with Crippen LogP contribution >= 0.6 is 24.0 Å². The fraction of sp³-hybridized carbons (Fsp3) is 0.941. The molecular formula is C17H32F3IN4O2S. The molecule has 2 aliphatic rings. The maximum absolute atomic E-state index is 12.6. The maximum atomic E-state index is 12.6. The average Bonchev–Trinajstić information content (AvgIpc) is 2.62. The standard InChI is InChI=1S/C17H31F3N4O2S.HI/c1-13-3-5-14(6-4-13)11-22-16(21-2)23-12-15-7-9-24(10-8-15)27(25,26)17(18,19)20;/h13-15H,3-12H2,1-2H3,(H2,21,22,23);1H. The quantitative estimate of drug-likeness (QED) is 0.320. The summed E-state index contributed by atoms with van der Waals surface area (Å²) in [7, 11) is -3.52. The van der Waals surface area contributed by atoms with Crippen LogP contribution in [0.1, 0.15) is 45.4 Å². The summed E-state index contributed by atoms with van der Waals surface area (Å²) in [5.41, 5.74) is -5.22. The predicted octanol–water partition coefficient (Wildman–Crippen LogP) is 3.16. The molecule has 1 aliphatic heterocycles. The van der Waals surface area contributed by atoms with Crippen molar-refractivity contribution in [2.45, 2.75) is 51.0 Å². The number of nitrogens with zero attached hydrogens (tertiary/aromatic N) is 2. The van der Waals surface area contributed by atoms with Gasteiger partial charge in [-0.1, -0.05) is 19.8 Å². The van der Waals surface area contributed by atoms with Crippen molar-refractivity contribution in [3.05, 3.63) is 0 Å². The Bertz CT molecular complexity index is 600. The van der Waals surface area contributed by atoms with Crippen molar-refractivity contribution < 1.29 is 21.6 Å². The summed E-state index contributed by atoms with van der Waals surface area (Å²) in [6, 6.07) is 0. The molecule has 0 bridgehead atoms. The molecule has 0 spiro atoms. The highest BCUT2D eigenvalue weighted by Gasteiger charge is 2.50. The first-order chi connectivity index (χ1) is 12.6. The van der Waals surface area contributed by atoms with Crippen LogP contribution in [-0.2, 0) is 10.0 Å². The Morgan fingerprint density at radius 3 is 1.89 bits per heavy atom. The second kappa shape index (κ2) is 11.2. The van der Waals surface area contributed by atoms with E-state index in [0.29, 0.717) is 35.6 Å². The van der Waals surface area contributed by atoms with Gasteiger partial charge in [0, 0.05) is 33.2 Å². The molecule has 2 fully saturated rings. The first-order valence-electron chi connectivity index (χ1n) is 9.64. The van der Waals surface area contributed by atoms with Gasteiger partial charge in [0.05, 0.1) is 0 Å². The smallest absolute Gasteiger partial charge is 0.356 e. The van der Waals surface area contributed by atoms with Crippen LogP contribution in [0, 0.1) is 17.8 Å². The summed E-state index contributed by atoms with van der Waals surface area (Å²) in [5.74, 6) is 2.28. The van der Waals surface area contributed by atoms with Gasteiger partial charge in [0.15, 0.2) is 5.96 Å². The highest BCUT2D eigenvalue weighted by molar-refractivity contribution is 14.0. The minimum Gasteiger partial charge on any atom is -0.356 e. The van der Waals surface area contributed by atoms with Crippen LogP contribution in [0.3, 0.4) is 0 Å². The van der Waals surface area contributed by atoms with Crippen LogP contribution in [-0.4, -0.2) is 57.4 Å². The fourth-order valence-electron chi connectivity index (χ4n) is 3.74. The summed E-state index contributed by atoms with van der Waals surface area (Å²) >= 11 is 0. The molecule has 0 unspecified atom stereocenters. The molecule has 1 aliphatic carbocycles. The van der Waals surface area contributed by atoms with E-state index in [2.05, 4.69) is 22.5 Å². The van der Waals surface area contributed by atoms with Gasteiger partial charge in [-0.3, -0.25) is 4.99 Å². The lowest BCUT2D eigenvalue weighted by Gasteiger charge is -2.32. The number of hydrogen-bond donors (Lipinski definition) is 2. The molecule has 2 rings (SSSR count). The van der Waals surface area contributed by atoms with Gasteiger partial charge in [-0.25, -0.2) is 8.42 Å². The average molecular weight is 540 g/mol. The van der Waals surface area contributed by atoms with Crippen molar-refractivity contribution in [3.63, 3.8) is 0 Å². The maximum Gasteiger partial charge on any atom is 0.511 e. The molecule has 166 valence electrons. The Morgan fingerprint density at radius 1 is 1.00 bits per heavy atom. The summed E-state index contributed by atoms with van der Waals surface area (Å²) in [5, 5.41) is 6.55. The molecule has 1 heterocycles. The van der Waals surface area contributed by atoms with E-state index in [9.17, 15) is 21.6 Å². The third-order valence-corrected chi connectivity index (χ3v) is 7.31. The normalized spacial score (nSPS) is 25.8. The highest BCUT2D eigenvalue weighted by atomic mass is 127. The second-order valence-electron chi connectivity index (χ2n) is 7.75. The zero-order valence-electron chi connectivity index (χ0n) is 16.5. The van der Waals surface area contributed by atoms with E-state index < -0.39 is 15.5 Å². The largest absolute Gasteiger partial charge is 0.511 e. The third-order valence-electron chi connectivity index (χ3n) is 5.68. The van der Waals surface area contributed by atoms with Crippen LogP contribution in [0.15, 0.2) is 4.99 Å². The van der Waals surface area contributed by atoms with Crippen LogP contribution in [0.4, 0.5) is 13.2 Å². The lowest BCUT2D eigenvalue weighted by atomic mass is 9.83. The SMILES string of the molecule is CN=C(NCC1CCC(C)CC1)NCC1CCN(S(=O)(=O)C(F)(F)F)CC1.I. The molecule has 0 aromatic carbocycles.